The lowest BCUT2D eigenvalue weighted by molar-refractivity contribution is -0.122. The average molecular weight is 325 g/mol. The number of hydrogen-bond donors (Lipinski definition) is 2. The maximum Gasteiger partial charge on any atom is 0.237 e. The second-order valence-electron chi connectivity index (χ2n) is 5.10. The van der Waals surface area contributed by atoms with Gasteiger partial charge in [0.25, 0.3) is 0 Å². The molecule has 1 amide bonds. The fraction of sp³-hybridized carbons (Fsp3) is 0.500. The predicted molar refractivity (Wildman–Crippen MR) is 95.9 cm³/mol. The Hall–Kier alpha value is -1.07. The molecule has 3 N–H and O–H groups in total. The molecule has 1 rings (SSSR count). The van der Waals surface area contributed by atoms with E-state index in [1.807, 2.05) is 44.4 Å². The lowest BCUT2D eigenvalue weighted by atomic mass is 9.78. The van der Waals surface area contributed by atoms with E-state index in [4.69, 9.17) is 18.0 Å². The van der Waals surface area contributed by atoms with Crippen molar-refractivity contribution in [1.82, 2.24) is 0 Å². The molecule has 0 atom stereocenters. The molecule has 1 aromatic rings. The summed E-state index contributed by atoms with van der Waals surface area (Å²) in [5, 5.41) is 3.03. The highest BCUT2D eigenvalue weighted by atomic mass is 32.2. The Morgan fingerprint density at radius 3 is 2.33 bits per heavy atom. The molecule has 0 radical (unpaired) electrons. The van der Waals surface area contributed by atoms with Gasteiger partial charge in [0.2, 0.25) is 5.91 Å². The highest BCUT2D eigenvalue weighted by Crippen LogP contribution is 2.34. The van der Waals surface area contributed by atoms with E-state index in [-0.39, 0.29) is 5.91 Å². The molecule has 1 aromatic carbocycles. The van der Waals surface area contributed by atoms with Crippen LogP contribution in [0.3, 0.4) is 0 Å². The summed E-state index contributed by atoms with van der Waals surface area (Å²) in [6.45, 7) is 4.09. The third-order valence-corrected chi connectivity index (χ3v) is 4.80. The Morgan fingerprint density at radius 2 is 1.86 bits per heavy atom. The number of carbonyl (C=O) groups excluding carboxylic acids is 1. The molecule has 3 nitrogen and oxygen atoms in total. The molecule has 116 valence electrons. The zero-order valence-corrected chi connectivity index (χ0v) is 14.6. The van der Waals surface area contributed by atoms with Crippen LogP contribution in [0.2, 0.25) is 0 Å². The van der Waals surface area contributed by atoms with Crippen molar-refractivity contribution in [3.8, 4) is 0 Å². The van der Waals surface area contributed by atoms with Crippen LogP contribution in [0.1, 0.15) is 39.5 Å². The van der Waals surface area contributed by atoms with Gasteiger partial charge in [-0.25, -0.2) is 0 Å². The Labute approximate surface area is 137 Å². The molecule has 0 aliphatic heterocycles. The molecule has 0 spiro atoms. The topological polar surface area (TPSA) is 55.1 Å². The van der Waals surface area contributed by atoms with Gasteiger partial charge in [-0.3, -0.25) is 4.79 Å². The van der Waals surface area contributed by atoms with E-state index in [2.05, 4.69) is 5.32 Å². The Balaban J connectivity index is 3.08. The number of rotatable bonds is 8. The quantitative estimate of drug-likeness (QED) is 0.555. The number of amides is 1. The van der Waals surface area contributed by atoms with Crippen molar-refractivity contribution in [2.45, 2.75) is 44.4 Å². The molecule has 0 unspecified atom stereocenters. The number of thioether (sulfide) groups is 1. The van der Waals surface area contributed by atoms with Gasteiger partial charge in [0.15, 0.2) is 0 Å². The molecular weight excluding hydrogens is 300 g/mol. The van der Waals surface area contributed by atoms with Crippen LogP contribution in [-0.2, 0) is 4.79 Å². The van der Waals surface area contributed by atoms with Crippen molar-refractivity contribution < 1.29 is 4.79 Å². The second kappa shape index (κ2) is 8.39. The largest absolute Gasteiger partial charge is 0.392 e. The minimum Gasteiger partial charge on any atom is -0.392 e. The van der Waals surface area contributed by atoms with E-state index in [9.17, 15) is 4.79 Å². The zero-order chi connectivity index (χ0) is 15.9. The van der Waals surface area contributed by atoms with Gasteiger partial charge in [0.05, 0.1) is 16.1 Å². The summed E-state index contributed by atoms with van der Waals surface area (Å²) in [6.07, 6.45) is 5.10. The van der Waals surface area contributed by atoms with Crippen LogP contribution in [-0.4, -0.2) is 17.2 Å². The minimum atomic E-state index is -0.746. The summed E-state index contributed by atoms with van der Waals surface area (Å²) < 4.78 is 0. The normalized spacial score (nSPS) is 11.2. The number of benzene rings is 1. The van der Waals surface area contributed by atoms with Crippen molar-refractivity contribution in [2.24, 2.45) is 11.1 Å². The number of carbonyl (C=O) groups is 1. The monoisotopic (exact) mass is 324 g/mol. The third-order valence-electron chi connectivity index (χ3n) is 3.62. The molecule has 0 saturated carbocycles. The molecule has 0 fully saturated rings. The van der Waals surface area contributed by atoms with E-state index in [0.29, 0.717) is 17.8 Å². The molecular formula is C16H24N2OS2. The number of anilines is 1. The number of nitrogens with two attached hydrogens (primary N) is 1. The molecule has 0 aromatic heterocycles. The first-order valence-corrected chi connectivity index (χ1v) is 8.89. The molecule has 0 aliphatic rings. The first-order chi connectivity index (χ1) is 10.0. The Bertz CT molecular complexity index is 497. The summed E-state index contributed by atoms with van der Waals surface area (Å²) >= 11 is 6.83. The third kappa shape index (κ3) is 4.20. The summed E-state index contributed by atoms with van der Waals surface area (Å²) in [4.78, 5) is 14.2. The van der Waals surface area contributed by atoms with Crippen LogP contribution < -0.4 is 11.1 Å². The number of thiocarbonyl (C=S) groups is 1. The molecule has 0 aliphatic carbocycles. The summed E-state index contributed by atoms with van der Waals surface area (Å²) in [7, 11) is 0. The zero-order valence-electron chi connectivity index (χ0n) is 12.9. The van der Waals surface area contributed by atoms with Gasteiger partial charge in [-0.2, -0.15) is 0 Å². The van der Waals surface area contributed by atoms with E-state index >= 15 is 0 Å². The van der Waals surface area contributed by atoms with Crippen LogP contribution >= 0.6 is 24.0 Å². The van der Waals surface area contributed by atoms with Crippen molar-refractivity contribution in [2.75, 3.05) is 11.6 Å². The van der Waals surface area contributed by atoms with Gasteiger partial charge in [0, 0.05) is 4.90 Å². The maximum absolute atomic E-state index is 12.8. The maximum atomic E-state index is 12.8. The SMILES string of the molecule is CCCC(CCC)(C(=O)Nc1ccccc1SC)C(N)=S. The van der Waals surface area contributed by atoms with Crippen molar-refractivity contribution in [3.63, 3.8) is 0 Å². The van der Waals surface area contributed by atoms with Crippen molar-refractivity contribution in [1.29, 1.82) is 0 Å². The molecule has 21 heavy (non-hydrogen) atoms. The first-order valence-electron chi connectivity index (χ1n) is 7.26. The number of hydrogen-bond acceptors (Lipinski definition) is 3. The van der Waals surface area contributed by atoms with E-state index in [1.165, 1.54) is 0 Å². The summed E-state index contributed by atoms with van der Waals surface area (Å²) in [5.74, 6) is -0.0831. The van der Waals surface area contributed by atoms with Crippen LogP contribution in [0.25, 0.3) is 0 Å². The van der Waals surface area contributed by atoms with E-state index < -0.39 is 5.41 Å². The highest BCUT2D eigenvalue weighted by Gasteiger charge is 2.40. The molecule has 0 bridgehead atoms. The number of para-hydroxylation sites is 1. The van der Waals surface area contributed by atoms with Gasteiger partial charge in [-0.05, 0) is 31.2 Å². The highest BCUT2D eigenvalue weighted by molar-refractivity contribution is 7.98. The number of nitrogens with one attached hydrogen (secondary N) is 1. The Morgan fingerprint density at radius 1 is 1.29 bits per heavy atom. The molecule has 5 heteroatoms. The summed E-state index contributed by atoms with van der Waals surface area (Å²) in [5.41, 5.74) is 6.01. The van der Waals surface area contributed by atoms with E-state index in [0.717, 1.165) is 23.4 Å². The van der Waals surface area contributed by atoms with E-state index in [1.54, 1.807) is 11.8 Å². The Kier molecular flexibility index (Phi) is 7.18. The smallest absolute Gasteiger partial charge is 0.237 e. The second-order valence-corrected chi connectivity index (χ2v) is 6.39. The molecule has 0 heterocycles. The first kappa shape index (κ1) is 18.0. The average Bonchev–Trinajstić information content (AvgIpc) is 2.47. The van der Waals surface area contributed by atoms with Crippen LogP contribution in [0, 0.1) is 5.41 Å². The van der Waals surface area contributed by atoms with Crippen LogP contribution in [0.15, 0.2) is 29.2 Å². The predicted octanol–water partition coefficient (Wildman–Crippen LogP) is 4.22. The fourth-order valence-corrected chi connectivity index (χ4v) is 3.40. The van der Waals surface area contributed by atoms with Crippen LogP contribution in [0.5, 0.6) is 0 Å². The lowest BCUT2D eigenvalue weighted by Crippen LogP contribution is -2.46. The lowest BCUT2D eigenvalue weighted by Gasteiger charge is -2.31. The van der Waals surface area contributed by atoms with Gasteiger partial charge in [0.1, 0.15) is 0 Å². The van der Waals surface area contributed by atoms with Gasteiger partial charge in [-0.1, -0.05) is 51.0 Å². The van der Waals surface area contributed by atoms with Gasteiger partial charge < -0.3 is 11.1 Å². The van der Waals surface area contributed by atoms with Crippen molar-refractivity contribution >= 4 is 40.6 Å². The van der Waals surface area contributed by atoms with Gasteiger partial charge in [-0.15, -0.1) is 11.8 Å². The molecule has 0 saturated heterocycles. The standard InChI is InChI=1S/C16H24N2OS2/c1-4-10-16(11-5-2,14(17)20)15(19)18-12-8-6-7-9-13(12)21-3/h6-9H,4-5,10-11H2,1-3H3,(H2,17,20)(H,18,19). The van der Waals surface area contributed by atoms with Gasteiger partial charge >= 0.3 is 0 Å². The minimum absolute atomic E-state index is 0.0831. The van der Waals surface area contributed by atoms with Crippen molar-refractivity contribution in [3.05, 3.63) is 24.3 Å². The fourth-order valence-electron chi connectivity index (χ4n) is 2.55. The van der Waals surface area contributed by atoms with Crippen LogP contribution in [0.4, 0.5) is 5.69 Å². The summed E-state index contributed by atoms with van der Waals surface area (Å²) in [6, 6.07) is 7.77.